The summed E-state index contributed by atoms with van der Waals surface area (Å²) in [6.45, 7) is 0. The predicted octanol–water partition coefficient (Wildman–Crippen LogP) is 4.99. The van der Waals surface area contributed by atoms with Gasteiger partial charge in [0, 0.05) is 6.07 Å². The zero-order chi connectivity index (χ0) is 13.1. The van der Waals surface area contributed by atoms with Crippen molar-refractivity contribution in [1.29, 1.82) is 0 Å². The molecule has 4 nitrogen and oxygen atoms in total. The van der Waals surface area contributed by atoms with Crippen molar-refractivity contribution in [1.82, 2.24) is 0 Å². The summed E-state index contributed by atoms with van der Waals surface area (Å²) in [6, 6.07) is 7.73. The average Bonchev–Trinajstić information content (AvgIpc) is 2.69. The summed E-state index contributed by atoms with van der Waals surface area (Å²) >= 11 is 15.0. The van der Waals surface area contributed by atoms with Gasteiger partial charge in [-0.3, -0.25) is 5.32 Å². The van der Waals surface area contributed by atoms with Crippen molar-refractivity contribution in [3.63, 3.8) is 0 Å². The van der Waals surface area contributed by atoms with Crippen molar-refractivity contribution in [2.45, 2.75) is 0 Å². The lowest BCUT2D eigenvalue weighted by Crippen LogP contribution is -2.19. The lowest BCUT2D eigenvalue weighted by molar-refractivity contribution is 0.261. The highest BCUT2D eigenvalue weighted by atomic mass is 79.9. The van der Waals surface area contributed by atoms with Crippen molar-refractivity contribution in [2.24, 2.45) is 0 Å². The highest BCUT2D eigenvalue weighted by Gasteiger charge is 2.10. The van der Waals surface area contributed by atoms with Crippen LogP contribution in [-0.2, 0) is 0 Å². The van der Waals surface area contributed by atoms with Gasteiger partial charge in [-0.05, 0) is 34.1 Å². The standard InChI is InChI=1S/C11H7BrCl2N2O2/c12-8-4-5-9(18-8)15-11(17)16-10-6(13)2-1-3-7(10)14/h1-5H,(H2,15,16,17). The van der Waals surface area contributed by atoms with Crippen LogP contribution in [0.15, 0.2) is 39.4 Å². The van der Waals surface area contributed by atoms with E-state index in [4.69, 9.17) is 27.6 Å². The van der Waals surface area contributed by atoms with Gasteiger partial charge < -0.3 is 9.73 Å². The molecule has 0 unspecified atom stereocenters. The second kappa shape index (κ2) is 5.65. The van der Waals surface area contributed by atoms with Gasteiger partial charge in [-0.1, -0.05) is 29.3 Å². The normalized spacial score (nSPS) is 10.2. The zero-order valence-corrected chi connectivity index (χ0v) is 11.9. The maximum Gasteiger partial charge on any atom is 0.326 e. The van der Waals surface area contributed by atoms with Crippen molar-refractivity contribution < 1.29 is 9.21 Å². The molecule has 0 saturated carbocycles. The largest absolute Gasteiger partial charge is 0.434 e. The van der Waals surface area contributed by atoms with Crippen LogP contribution in [0.3, 0.4) is 0 Å². The Kier molecular flexibility index (Phi) is 4.16. The van der Waals surface area contributed by atoms with E-state index in [2.05, 4.69) is 26.6 Å². The Morgan fingerprint density at radius 1 is 1.11 bits per heavy atom. The third kappa shape index (κ3) is 3.19. The van der Waals surface area contributed by atoms with Crippen molar-refractivity contribution in [3.05, 3.63) is 45.0 Å². The van der Waals surface area contributed by atoms with E-state index in [0.29, 0.717) is 26.3 Å². The number of urea groups is 1. The van der Waals surface area contributed by atoms with Crippen LogP contribution < -0.4 is 10.6 Å². The second-order valence-electron chi connectivity index (χ2n) is 3.28. The Balaban J connectivity index is 2.08. The number of anilines is 2. The van der Waals surface area contributed by atoms with E-state index in [-0.39, 0.29) is 0 Å². The number of hydrogen-bond acceptors (Lipinski definition) is 2. The fraction of sp³-hybridized carbons (Fsp3) is 0. The highest BCUT2D eigenvalue weighted by Crippen LogP contribution is 2.30. The molecule has 2 rings (SSSR count). The number of rotatable bonds is 2. The summed E-state index contributed by atoms with van der Waals surface area (Å²) in [4.78, 5) is 11.7. The number of carbonyl (C=O) groups is 1. The van der Waals surface area contributed by atoms with Crippen LogP contribution in [-0.4, -0.2) is 6.03 Å². The number of furan rings is 1. The molecule has 18 heavy (non-hydrogen) atoms. The lowest BCUT2D eigenvalue weighted by atomic mass is 10.3. The van der Waals surface area contributed by atoms with Gasteiger partial charge in [0.05, 0.1) is 15.7 Å². The first-order valence-corrected chi connectivity index (χ1v) is 6.38. The van der Waals surface area contributed by atoms with Gasteiger partial charge in [0.1, 0.15) is 0 Å². The van der Waals surface area contributed by atoms with Crippen LogP contribution in [0.25, 0.3) is 0 Å². The fourth-order valence-corrected chi connectivity index (χ4v) is 2.05. The molecular weight excluding hydrogens is 343 g/mol. The Hall–Kier alpha value is -1.17. The number of carbonyl (C=O) groups excluding carboxylic acids is 1. The topological polar surface area (TPSA) is 54.3 Å². The van der Waals surface area contributed by atoms with Gasteiger partial charge in [-0.15, -0.1) is 0 Å². The molecule has 0 saturated heterocycles. The Labute approximate surface area is 121 Å². The Morgan fingerprint density at radius 3 is 2.33 bits per heavy atom. The summed E-state index contributed by atoms with van der Waals surface area (Å²) in [7, 11) is 0. The van der Waals surface area contributed by atoms with E-state index in [1.165, 1.54) is 0 Å². The number of amides is 2. The third-order valence-corrected chi connectivity index (χ3v) is 3.07. The maximum atomic E-state index is 11.7. The Bertz CT molecular complexity index is 566. The zero-order valence-electron chi connectivity index (χ0n) is 8.84. The molecule has 1 aromatic heterocycles. The van der Waals surface area contributed by atoms with E-state index in [9.17, 15) is 4.79 Å². The molecule has 0 aliphatic carbocycles. The van der Waals surface area contributed by atoms with E-state index in [1.807, 2.05) is 0 Å². The number of para-hydroxylation sites is 1. The molecule has 0 aliphatic rings. The molecule has 2 aromatic rings. The molecule has 0 spiro atoms. The molecular formula is C11H7BrCl2N2O2. The summed E-state index contributed by atoms with van der Waals surface area (Å²) in [5.41, 5.74) is 0.351. The minimum Gasteiger partial charge on any atom is -0.434 e. The van der Waals surface area contributed by atoms with E-state index in [1.54, 1.807) is 30.3 Å². The fourth-order valence-electron chi connectivity index (χ4n) is 1.26. The van der Waals surface area contributed by atoms with Gasteiger partial charge >= 0.3 is 6.03 Å². The van der Waals surface area contributed by atoms with Gasteiger partial charge in [0.25, 0.3) is 0 Å². The quantitative estimate of drug-likeness (QED) is 0.802. The minimum absolute atomic E-state index is 0.308. The molecule has 7 heteroatoms. The monoisotopic (exact) mass is 348 g/mol. The first kappa shape index (κ1) is 13.3. The number of benzene rings is 1. The predicted molar refractivity (Wildman–Crippen MR) is 75.5 cm³/mol. The molecule has 2 amide bonds. The van der Waals surface area contributed by atoms with Crippen molar-refractivity contribution in [3.8, 4) is 0 Å². The molecule has 2 N–H and O–H groups in total. The van der Waals surface area contributed by atoms with Crippen molar-refractivity contribution in [2.75, 3.05) is 10.6 Å². The van der Waals surface area contributed by atoms with E-state index >= 15 is 0 Å². The van der Waals surface area contributed by atoms with Crippen LogP contribution in [0.2, 0.25) is 10.0 Å². The molecule has 1 aromatic carbocycles. The summed E-state index contributed by atoms with van der Waals surface area (Å²) in [6.07, 6.45) is 0. The molecule has 94 valence electrons. The summed E-state index contributed by atoms with van der Waals surface area (Å²) in [5.74, 6) is 0.308. The van der Waals surface area contributed by atoms with Crippen LogP contribution >= 0.6 is 39.1 Å². The van der Waals surface area contributed by atoms with Gasteiger partial charge in [-0.2, -0.15) is 0 Å². The lowest BCUT2D eigenvalue weighted by Gasteiger charge is -2.08. The van der Waals surface area contributed by atoms with Gasteiger partial charge in [-0.25, -0.2) is 4.79 Å². The number of hydrogen-bond donors (Lipinski definition) is 2. The average molecular weight is 350 g/mol. The van der Waals surface area contributed by atoms with E-state index < -0.39 is 6.03 Å². The van der Waals surface area contributed by atoms with Crippen LogP contribution in [0.1, 0.15) is 0 Å². The number of halogens is 3. The maximum absolute atomic E-state index is 11.7. The SMILES string of the molecule is O=C(Nc1ccc(Br)o1)Nc1c(Cl)cccc1Cl. The Morgan fingerprint density at radius 2 is 1.78 bits per heavy atom. The first-order valence-electron chi connectivity index (χ1n) is 4.83. The third-order valence-electron chi connectivity index (χ3n) is 2.01. The summed E-state index contributed by atoms with van der Waals surface area (Å²) < 4.78 is 5.65. The minimum atomic E-state index is -0.494. The summed E-state index contributed by atoms with van der Waals surface area (Å²) in [5, 5.41) is 5.77. The van der Waals surface area contributed by atoms with E-state index in [0.717, 1.165) is 0 Å². The second-order valence-corrected chi connectivity index (χ2v) is 4.88. The first-order chi connectivity index (χ1) is 8.56. The highest BCUT2D eigenvalue weighted by molar-refractivity contribution is 9.10. The molecule has 0 atom stereocenters. The van der Waals surface area contributed by atoms with Crippen LogP contribution in [0, 0.1) is 0 Å². The number of nitrogens with one attached hydrogen (secondary N) is 2. The molecule has 0 radical (unpaired) electrons. The van der Waals surface area contributed by atoms with Crippen LogP contribution in [0.4, 0.5) is 16.4 Å². The smallest absolute Gasteiger partial charge is 0.326 e. The molecule has 0 fully saturated rings. The molecule has 0 aliphatic heterocycles. The van der Waals surface area contributed by atoms with Crippen LogP contribution in [0.5, 0.6) is 0 Å². The molecule has 0 bridgehead atoms. The molecule has 1 heterocycles. The van der Waals surface area contributed by atoms with Gasteiger partial charge in [0.15, 0.2) is 4.67 Å². The van der Waals surface area contributed by atoms with Crippen molar-refractivity contribution >= 4 is 56.7 Å². The van der Waals surface area contributed by atoms with Gasteiger partial charge in [0.2, 0.25) is 5.88 Å².